The van der Waals surface area contributed by atoms with Gasteiger partial charge in [0.1, 0.15) is 5.84 Å². The molecule has 3 N–H and O–H groups in total. The maximum atomic E-state index is 13.8. The van der Waals surface area contributed by atoms with Gasteiger partial charge in [0, 0.05) is 24.5 Å². The Labute approximate surface area is 115 Å². The third kappa shape index (κ3) is 2.82. The molecule has 1 aromatic carbocycles. The predicted molar refractivity (Wildman–Crippen MR) is 74.7 cm³/mol. The molecule has 98 valence electrons. The van der Waals surface area contributed by atoms with Crippen molar-refractivity contribution < 1.29 is 4.39 Å². The van der Waals surface area contributed by atoms with Gasteiger partial charge in [-0.25, -0.2) is 9.37 Å². The highest BCUT2D eigenvalue weighted by molar-refractivity contribution is 6.30. The number of rotatable bonds is 3. The Balaban J connectivity index is 2.33. The molecule has 4 nitrogen and oxygen atoms in total. The first-order valence-corrected chi connectivity index (χ1v) is 5.86. The molecule has 0 atom stereocenters. The predicted octanol–water partition coefficient (Wildman–Crippen LogP) is 2.93. The SMILES string of the molecule is CN(c1ccc(C(=N)N)cc1)c1ncc(Cl)cc1F. The topological polar surface area (TPSA) is 66.0 Å². The van der Waals surface area contributed by atoms with Crippen LogP contribution in [0, 0.1) is 11.2 Å². The summed E-state index contributed by atoms with van der Waals surface area (Å²) in [5, 5.41) is 7.56. The van der Waals surface area contributed by atoms with Gasteiger partial charge < -0.3 is 10.6 Å². The smallest absolute Gasteiger partial charge is 0.169 e. The zero-order chi connectivity index (χ0) is 14.0. The second-order valence-corrected chi connectivity index (χ2v) is 4.41. The van der Waals surface area contributed by atoms with Gasteiger partial charge in [0.05, 0.1) is 5.02 Å². The molecule has 19 heavy (non-hydrogen) atoms. The van der Waals surface area contributed by atoms with E-state index in [1.165, 1.54) is 12.3 Å². The number of hydrogen-bond acceptors (Lipinski definition) is 3. The van der Waals surface area contributed by atoms with Gasteiger partial charge in [-0.2, -0.15) is 0 Å². The lowest BCUT2D eigenvalue weighted by atomic mass is 10.2. The zero-order valence-corrected chi connectivity index (χ0v) is 10.9. The zero-order valence-electron chi connectivity index (χ0n) is 10.2. The third-order valence-corrected chi connectivity index (χ3v) is 2.88. The van der Waals surface area contributed by atoms with Gasteiger partial charge >= 0.3 is 0 Å². The second kappa shape index (κ2) is 5.24. The number of anilines is 2. The number of nitrogens with two attached hydrogens (primary N) is 1. The Kier molecular flexibility index (Phi) is 3.66. The van der Waals surface area contributed by atoms with E-state index >= 15 is 0 Å². The highest BCUT2D eigenvalue weighted by Gasteiger charge is 2.11. The summed E-state index contributed by atoms with van der Waals surface area (Å²) >= 11 is 5.66. The van der Waals surface area contributed by atoms with E-state index in [0.717, 1.165) is 5.69 Å². The minimum absolute atomic E-state index is 0.00926. The highest BCUT2D eigenvalue weighted by Crippen LogP contribution is 2.25. The first-order chi connectivity index (χ1) is 8.99. The van der Waals surface area contributed by atoms with E-state index in [1.54, 1.807) is 36.2 Å². The molecule has 0 aliphatic rings. The van der Waals surface area contributed by atoms with Crippen molar-refractivity contribution in [2.45, 2.75) is 0 Å². The molecule has 0 amide bonds. The van der Waals surface area contributed by atoms with E-state index in [1.807, 2.05) is 0 Å². The van der Waals surface area contributed by atoms with Crippen molar-refractivity contribution in [3.05, 3.63) is 52.9 Å². The fourth-order valence-electron chi connectivity index (χ4n) is 1.64. The number of pyridine rings is 1. The van der Waals surface area contributed by atoms with Crippen LogP contribution in [0.2, 0.25) is 5.02 Å². The molecule has 1 heterocycles. The van der Waals surface area contributed by atoms with Crippen LogP contribution in [0.4, 0.5) is 15.9 Å². The maximum absolute atomic E-state index is 13.8. The van der Waals surface area contributed by atoms with E-state index < -0.39 is 5.82 Å². The minimum atomic E-state index is -0.495. The summed E-state index contributed by atoms with van der Waals surface area (Å²) in [7, 11) is 1.70. The summed E-state index contributed by atoms with van der Waals surface area (Å²) in [5.74, 6) is -0.323. The Bertz CT molecular complexity index is 613. The number of hydrogen-bond donors (Lipinski definition) is 2. The van der Waals surface area contributed by atoms with Crippen LogP contribution in [0.25, 0.3) is 0 Å². The molecule has 0 bridgehead atoms. The normalized spacial score (nSPS) is 10.3. The van der Waals surface area contributed by atoms with Gasteiger partial charge in [-0.3, -0.25) is 5.41 Å². The fourth-order valence-corrected chi connectivity index (χ4v) is 1.79. The van der Waals surface area contributed by atoms with Crippen LogP contribution in [0.5, 0.6) is 0 Å². The van der Waals surface area contributed by atoms with E-state index in [4.69, 9.17) is 22.7 Å². The van der Waals surface area contributed by atoms with Crippen LogP contribution in [-0.4, -0.2) is 17.9 Å². The lowest BCUT2D eigenvalue weighted by molar-refractivity contribution is 0.621. The Hall–Kier alpha value is -2.14. The highest BCUT2D eigenvalue weighted by atomic mass is 35.5. The molecule has 2 rings (SSSR count). The minimum Gasteiger partial charge on any atom is -0.384 e. The number of benzene rings is 1. The van der Waals surface area contributed by atoms with Crippen LogP contribution >= 0.6 is 11.6 Å². The van der Waals surface area contributed by atoms with E-state index in [2.05, 4.69) is 4.98 Å². The lowest BCUT2D eigenvalue weighted by Crippen LogP contribution is -2.14. The van der Waals surface area contributed by atoms with Gasteiger partial charge in [0.15, 0.2) is 11.6 Å². The summed E-state index contributed by atoms with van der Waals surface area (Å²) in [6, 6.07) is 8.09. The van der Waals surface area contributed by atoms with Crippen molar-refractivity contribution in [3.63, 3.8) is 0 Å². The number of nitrogen functional groups attached to an aromatic ring is 1. The monoisotopic (exact) mass is 278 g/mol. The van der Waals surface area contributed by atoms with Crippen molar-refractivity contribution in [3.8, 4) is 0 Å². The molecule has 0 radical (unpaired) electrons. The van der Waals surface area contributed by atoms with Crippen molar-refractivity contribution in [1.82, 2.24) is 4.98 Å². The lowest BCUT2D eigenvalue weighted by Gasteiger charge is -2.19. The van der Waals surface area contributed by atoms with Crippen molar-refractivity contribution >= 4 is 28.9 Å². The van der Waals surface area contributed by atoms with Gasteiger partial charge in [-0.15, -0.1) is 0 Å². The summed E-state index contributed by atoms with van der Waals surface area (Å²) in [6.45, 7) is 0. The fraction of sp³-hybridized carbons (Fsp3) is 0.0769. The standard InChI is InChI=1S/C13H12ClFN4/c1-19(13-11(15)6-9(14)7-18-13)10-4-2-8(3-5-10)12(16)17/h2-7H,1H3,(H3,16,17). The number of nitrogens with zero attached hydrogens (tertiary/aromatic N) is 2. The summed E-state index contributed by atoms with van der Waals surface area (Å²) in [6.07, 6.45) is 1.39. The molecule has 2 aromatic rings. The van der Waals surface area contributed by atoms with E-state index in [9.17, 15) is 4.39 Å². The maximum Gasteiger partial charge on any atom is 0.169 e. The molecule has 0 aliphatic carbocycles. The van der Waals surface area contributed by atoms with Crippen LogP contribution in [0.3, 0.4) is 0 Å². The molecule has 6 heteroatoms. The molecule has 1 aromatic heterocycles. The summed E-state index contributed by atoms with van der Waals surface area (Å²) in [4.78, 5) is 5.56. The molecular formula is C13H12ClFN4. The molecule has 0 saturated heterocycles. The number of amidine groups is 1. The van der Waals surface area contributed by atoms with Gasteiger partial charge in [-0.1, -0.05) is 11.6 Å². The molecule has 0 unspecified atom stereocenters. The van der Waals surface area contributed by atoms with Crippen molar-refractivity contribution in [2.75, 3.05) is 11.9 Å². The first kappa shape index (κ1) is 13.3. The summed E-state index contributed by atoms with van der Waals surface area (Å²) in [5.41, 5.74) is 6.72. The second-order valence-electron chi connectivity index (χ2n) is 3.98. The molecule has 0 spiro atoms. The molecule has 0 aliphatic heterocycles. The Morgan fingerprint density at radius 2 is 2.00 bits per heavy atom. The van der Waals surface area contributed by atoms with Crippen LogP contribution in [-0.2, 0) is 0 Å². The summed E-state index contributed by atoms with van der Waals surface area (Å²) < 4.78 is 13.8. The van der Waals surface area contributed by atoms with Crippen LogP contribution < -0.4 is 10.6 Å². The Morgan fingerprint density at radius 3 is 2.53 bits per heavy atom. The average Bonchev–Trinajstić information content (AvgIpc) is 2.38. The van der Waals surface area contributed by atoms with Crippen LogP contribution in [0.15, 0.2) is 36.5 Å². The van der Waals surface area contributed by atoms with E-state index in [0.29, 0.717) is 5.56 Å². The molecule has 0 saturated carbocycles. The van der Waals surface area contributed by atoms with Gasteiger partial charge in [-0.05, 0) is 30.3 Å². The molecule has 0 fully saturated rings. The Morgan fingerprint density at radius 1 is 1.37 bits per heavy atom. The first-order valence-electron chi connectivity index (χ1n) is 5.48. The third-order valence-electron chi connectivity index (χ3n) is 2.67. The largest absolute Gasteiger partial charge is 0.384 e. The quantitative estimate of drug-likeness (QED) is 0.670. The number of nitrogens with one attached hydrogen (secondary N) is 1. The molecular weight excluding hydrogens is 267 g/mol. The van der Waals surface area contributed by atoms with Gasteiger partial charge in [0.25, 0.3) is 0 Å². The average molecular weight is 279 g/mol. The number of aromatic nitrogens is 1. The van der Waals surface area contributed by atoms with Crippen molar-refractivity contribution in [2.24, 2.45) is 5.73 Å². The van der Waals surface area contributed by atoms with Crippen LogP contribution in [0.1, 0.15) is 5.56 Å². The van der Waals surface area contributed by atoms with E-state index in [-0.39, 0.29) is 16.7 Å². The van der Waals surface area contributed by atoms with Crippen molar-refractivity contribution in [1.29, 1.82) is 5.41 Å². The number of halogens is 2. The van der Waals surface area contributed by atoms with Gasteiger partial charge in [0.2, 0.25) is 0 Å².